The van der Waals surface area contributed by atoms with Gasteiger partial charge in [0.25, 0.3) is 0 Å². The van der Waals surface area contributed by atoms with Crippen LogP contribution in [0.1, 0.15) is 17.2 Å². The van der Waals surface area contributed by atoms with Gasteiger partial charge in [0, 0.05) is 10.2 Å². The van der Waals surface area contributed by atoms with Crippen LogP contribution in [0.2, 0.25) is 0 Å². The summed E-state index contributed by atoms with van der Waals surface area (Å²) >= 11 is 3.49. The smallest absolute Gasteiger partial charge is 0.226 e. The Morgan fingerprint density at radius 1 is 1.13 bits per heavy atom. The Balaban J connectivity index is 1.81. The van der Waals surface area contributed by atoms with Gasteiger partial charge in [-0.05, 0) is 41.5 Å². The van der Waals surface area contributed by atoms with Crippen molar-refractivity contribution in [2.24, 2.45) is 0 Å². The predicted octanol–water partition coefficient (Wildman–Crippen LogP) is 4.24. The Labute approximate surface area is 140 Å². The van der Waals surface area contributed by atoms with Crippen LogP contribution in [-0.4, -0.2) is 14.8 Å². The van der Waals surface area contributed by atoms with E-state index in [-0.39, 0.29) is 11.9 Å². The van der Waals surface area contributed by atoms with Crippen molar-refractivity contribution in [3.63, 3.8) is 0 Å². The van der Waals surface area contributed by atoms with Crippen molar-refractivity contribution in [2.75, 3.05) is 5.32 Å². The minimum absolute atomic E-state index is 0.136. The Kier molecular flexibility index (Phi) is 3.46. The minimum Gasteiger partial charge on any atom is -0.324 e. The van der Waals surface area contributed by atoms with Crippen molar-refractivity contribution in [3.8, 4) is 0 Å². The van der Waals surface area contributed by atoms with Gasteiger partial charge in [0.15, 0.2) is 0 Å². The molecule has 0 amide bonds. The average molecular weight is 371 g/mol. The number of rotatable bonds is 2. The Bertz CT molecular complexity index is 886. The zero-order valence-electron chi connectivity index (χ0n) is 11.9. The number of nitrogens with one attached hydrogen (secondary N) is 1. The molecule has 4 rings (SSSR count). The fourth-order valence-electron chi connectivity index (χ4n) is 2.66. The van der Waals surface area contributed by atoms with Crippen LogP contribution in [0.3, 0.4) is 0 Å². The summed E-state index contributed by atoms with van der Waals surface area (Å²) in [6.45, 7) is 0. The van der Waals surface area contributed by atoms with Crippen molar-refractivity contribution in [1.29, 1.82) is 0 Å². The molecule has 1 aromatic heterocycles. The number of nitrogens with zero attached hydrogens (tertiary/aromatic N) is 3. The third-order valence-electron chi connectivity index (χ3n) is 3.75. The molecule has 2 aromatic carbocycles. The molecule has 0 unspecified atom stereocenters. The van der Waals surface area contributed by atoms with E-state index in [1.54, 1.807) is 16.8 Å². The summed E-state index contributed by atoms with van der Waals surface area (Å²) < 4.78 is 16.0. The molecule has 4 nitrogen and oxygen atoms in total. The summed E-state index contributed by atoms with van der Waals surface area (Å²) in [4.78, 5) is 4.26. The number of benzene rings is 2. The molecule has 1 aliphatic rings. The summed E-state index contributed by atoms with van der Waals surface area (Å²) in [5, 5.41) is 7.57. The van der Waals surface area contributed by atoms with Crippen LogP contribution < -0.4 is 5.32 Å². The molecular weight excluding hydrogens is 359 g/mol. The van der Waals surface area contributed by atoms with Crippen LogP contribution in [-0.2, 0) is 0 Å². The number of allylic oxidation sites excluding steroid dienone is 1. The number of hydrogen-bond acceptors (Lipinski definition) is 3. The van der Waals surface area contributed by atoms with Gasteiger partial charge in [-0.1, -0.05) is 40.2 Å². The monoisotopic (exact) mass is 370 g/mol. The normalized spacial score (nSPS) is 16.4. The predicted molar refractivity (Wildman–Crippen MR) is 90.3 cm³/mol. The zero-order chi connectivity index (χ0) is 15.8. The van der Waals surface area contributed by atoms with E-state index in [9.17, 15) is 4.39 Å². The van der Waals surface area contributed by atoms with Gasteiger partial charge in [-0.3, -0.25) is 0 Å². The second kappa shape index (κ2) is 5.62. The first-order valence-corrected chi connectivity index (χ1v) is 7.90. The molecule has 2 heterocycles. The standard InChI is InChI=1S/C17H12BrFN4/c18-13-3-1-2-12(8-13)15-9-16(11-4-6-14(19)7-5-11)23-17(22-15)20-10-21-23/h1-10,16H,(H,20,21,22)/t16-/m0/s1. The molecule has 0 spiro atoms. The Morgan fingerprint density at radius 2 is 1.96 bits per heavy atom. The van der Waals surface area contributed by atoms with Crippen molar-refractivity contribution >= 4 is 27.6 Å². The maximum absolute atomic E-state index is 13.2. The van der Waals surface area contributed by atoms with Gasteiger partial charge in [0.1, 0.15) is 18.2 Å². The largest absolute Gasteiger partial charge is 0.324 e. The molecule has 1 aliphatic heterocycles. The minimum atomic E-state index is -0.252. The SMILES string of the molecule is Fc1ccc([C@@H]2C=C(c3cccc(Br)c3)Nc3ncnn32)cc1. The second-order valence-corrected chi connectivity index (χ2v) is 6.16. The van der Waals surface area contributed by atoms with Crippen molar-refractivity contribution in [3.05, 3.63) is 82.4 Å². The molecule has 1 N–H and O–H groups in total. The lowest BCUT2D eigenvalue weighted by atomic mass is 10.0. The molecule has 3 aromatic rings. The lowest BCUT2D eigenvalue weighted by molar-refractivity contribution is 0.603. The molecule has 1 atom stereocenters. The van der Waals surface area contributed by atoms with Gasteiger partial charge in [0.05, 0.1) is 0 Å². The second-order valence-electron chi connectivity index (χ2n) is 5.24. The maximum Gasteiger partial charge on any atom is 0.226 e. The summed E-state index contributed by atoms with van der Waals surface area (Å²) in [6.07, 6.45) is 3.58. The zero-order valence-corrected chi connectivity index (χ0v) is 13.5. The molecule has 0 saturated heterocycles. The molecule has 23 heavy (non-hydrogen) atoms. The van der Waals surface area contributed by atoms with Gasteiger partial charge in [-0.2, -0.15) is 10.1 Å². The van der Waals surface area contributed by atoms with Gasteiger partial charge in [0.2, 0.25) is 5.95 Å². The van der Waals surface area contributed by atoms with Crippen LogP contribution >= 0.6 is 15.9 Å². The van der Waals surface area contributed by atoms with Crippen molar-refractivity contribution < 1.29 is 4.39 Å². The van der Waals surface area contributed by atoms with Crippen LogP contribution in [0.4, 0.5) is 10.3 Å². The maximum atomic E-state index is 13.2. The summed E-state index contributed by atoms with van der Waals surface area (Å²) in [7, 11) is 0. The number of hydrogen-bond donors (Lipinski definition) is 1. The highest BCUT2D eigenvalue weighted by atomic mass is 79.9. The molecule has 0 aliphatic carbocycles. The van der Waals surface area contributed by atoms with Crippen LogP contribution in [0, 0.1) is 5.82 Å². The van der Waals surface area contributed by atoms with Gasteiger partial charge in [-0.15, -0.1) is 0 Å². The van der Waals surface area contributed by atoms with E-state index in [0.29, 0.717) is 5.95 Å². The summed E-state index contributed by atoms with van der Waals surface area (Å²) in [5.74, 6) is 0.412. The molecular formula is C17H12BrFN4. The first-order chi connectivity index (χ1) is 11.2. The van der Waals surface area contributed by atoms with Crippen molar-refractivity contribution in [2.45, 2.75) is 6.04 Å². The Morgan fingerprint density at radius 3 is 2.74 bits per heavy atom. The molecule has 0 bridgehead atoms. The first kappa shape index (κ1) is 14.1. The number of fused-ring (bicyclic) bond motifs is 1. The fourth-order valence-corrected chi connectivity index (χ4v) is 3.05. The number of aromatic nitrogens is 3. The lowest BCUT2D eigenvalue weighted by Gasteiger charge is -2.24. The quantitative estimate of drug-likeness (QED) is 0.733. The van der Waals surface area contributed by atoms with E-state index in [4.69, 9.17) is 0 Å². The lowest BCUT2D eigenvalue weighted by Crippen LogP contribution is -2.20. The molecule has 0 radical (unpaired) electrons. The van der Waals surface area contributed by atoms with Crippen LogP contribution in [0.25, 0.3) is 5.70 Å². The van der Waals surface area contributed by atoms with E-state index in [1.165, 1.54) is 18.5 Å². The topological polar surface area (TPSA) is 42.7 Å². The summed E-state index contributed by atoms with van der Waals surface area (Å²) in [6, 6.07) is 14.3. The fraction of sp³-hybridized carbons (Fsp3) is 0.0588. The number of anilines is 1. The summed E-state index contributed by atoms with van der Waals surface area (Å²) in [5.41, 5.74) is 2.94. The third-order valence-corrected chi connectivity index (χ3v) is 4.25. The molecule has 6 heteroatoms. The highest BCUT2D eigenvalue weighted by Crippen LogP contribution is 2.32. The van der Waals surface area contributed by atoms with E-state index in [0.717, 1.165) is 21.3 Å². The van der Waals surface area contributed by atoms with E-state index >= 15 is 0 Å². The van der Waals surface area contributed by atoms with Gasteiger partial charge in [-0.25, -0.2) is 9.07 Å². The highest BCUT2D eigenvalue weighted by molar-refractivity contribution is 9.10. The molecule has 0 fully saturated rings. The highest BCUT2D eigenvalue weighted by Gasteiger charge is 2.23. The van der Waals surface area contributed by atoms with Crippen LogP contribution in [0.5, 0.6) is 0 Å². The van der Waals surface area contributed by atoms with Crippen molar-refractivity contribution in [1.82, 2.24) is 14.8 Å². The average Bonchev–Trinajstić information content (AvgIpc) is 3.03. The van der Waals surface area contributed by atoms with E-state index < -0.39 is 0 Å². The first-order valence-electron chi connectivity index (χ1n) is 7.10. The molecule has 0 saturated carbocycles. The third kappa shape index (κ3) is 2.66. The Hall–Kier alpha value is -2.47. The molecule has 114 valence electrons. The van der Waals surface area contributed by atoms with Crippen LogP contribution in [0.15, 0.2) is 65.4 Å². The van der Waals surface area contributed by atoms with E-state index in [2.05, 4.69) is 37.4 Å². The van der Waals surface area contributed by atoms with E-state index in [1.807, 2.05) is 24.3 Å². The number of halogens is 2. The van der Waals surface area contributed by atoms with Gasteiger partial charge >= 0.3 is 0 Å². The van der Waals surface area contributed by atoms with Gasteiger partial charge < -0.3 is 5.32 Å².